The number of phenols is 1. The minimum absolute atomic E-state index is 0.0205. The van der Waals surface area contributed by atoms with Crippen LogP contribution in [0.15, 0.2) is 12.1 Å². The highest BCUT2D eigenvalue weighted by Crippen LogP contribution is 2.39. The topological polar surface area (TPSA) is 55.8 Å². The highest BCUT2D eigenvalue weighted by Gasteiger charge is 2.19. The molecule has 0 radical (unpaired) electrons. The first-order chi connectivity index (χ1) is 7.18. The number of ether oxygens (including phenoxy) is 2. The van der Waals surface area contributed by atoms with E-state index in [1.807, 2.05) is 0 Å². The third kappa shape index (κ3) is 1.88. The van der Waals surface area contributed by atoms with Gasteiger partial charge >= 0.3 is 0 Å². The minimum atomic E-state index is -0.0205. The van der Waals surface area contributed by atoms with Crippen LogP contribution < -0.4 is 9.47 Å². The van der Waals surface area contributed by atoms with E-state index in [1.165, 1.54) is 13.0 Å². The first-order valence-electron chi connectivity index (χ1n) is 4.78. The van der Waals surface area contributed by atoms with Crippen molar-refractivity contribution in [3.05, 3.63) is 17.7 Å². The lowest BCUT2D eigenvalue weighted by atomic mass is 10.1. The van der Waals surface area contributed by atoms with Crippen LogP contribution in [0, 0.1) is 0 Å². The third-order valence-electron chi connectivity index (χ3n) is 2.21. The predicted octanol–water partition coefficient (Wildman–Crippen LogP) is 1.29. The van der Waals surface area contributed by atoms with E-state index in [-0.39, 0.29) is 18.0 Å². The third-order valence-corrected chi connectivity index (χ3v) is 2.21. The molecular formula is C11H12O4. The zero-order valence-electron chi connectivity index (χ0n) is 8.45. The van der Waals surface area contributed by atoms with E-state index in [0.29, 0.717) is 30.3 Å². The number of hydrogen-bond acceptors (Lipinski definition) is 4. The predicted molar refractivity (Wildman–Crippen MR) is 53.5 cm³/mol. The number of ketones is 1. The Balaban J connectivity index is 2.45. The molecule has 0 unspecified atom stereocenters. The molecule has 4 heteroatoms. The molecule has 0 fully saturated rings. The van der Waals surface area contributed by atoms with Crippen LogP contribution in [-0.2, 0) is 11.2 Å². The number of fused-ring (bicyclic) bond motifs is 1. The Morgan fingerprint density at radius 3 is 2.87 bits per heavy atom. The Bertz CT molecular complexity index is 398. The standard InChI is InChI=1S/C11H12O4/c1-7(12)6-8-9(13)2-3-10-11(8)15-5-4-14-10/h2-3,13H,4-6H2,1H3. The molecule has 1 aliphatic heterocycles. The first kappa shape index (κ1) is 9.83. The molecule has 0 aromatic heterocycles. The van der Waals surface area contributed by atoms with E-state index in [2.05, 4.69) is 0 Å². The van der Waals surface area contributed by atoms with Gasteiger partial charge in [0.05, 0.1) is 0 Å². The van der Waals surface area contributed by atoms with E-state index in [4.69, 9.17) is 9.47 Å². The number of Topliss-reactive ketones (excluding diaryl/α,β-unsaturated/α-hetero) is 1. The van der Waals surface area contributed by atoms with Crippen LogP contribution in [0.2, 0.25) is 0 Å². The Kier molecular flexibility index (Phi) is 2.49. The maximum absolute atomic E-state index is 11.0. The summed E-state index contributed by atoms with van der Waals surface area (Å²) in [6.07, 6.45) is 0.165. The van der Waals surface area contributed by atoms with Gasteiger partial charge < -0.3 is 14.6 Å². The fraction of sp³-hybridized carbons (Fsp3) is 0.364. The highest BCUT2D eigenvalue weighted by molar-refractivity contribution is 5.80. The van der Waals surface area contributed by atoms with Gasteiger partial charge in [-0.15, -0.1) is 0 Å². The Morgan fingerprint density at radius 2 is 2.13 bits per heavy atom. The summed E-state index contributed by atoms with van der Waals surface area (Å²) in [5.41, 5.74) is 0.514. The summed E-state index contributed by atoms with van der Waals surface area (Å²) < 4.78 is 10.8. The summed E-state index contributed by atoms with van der Waals surface area (Å²) in [5, 5.41) is 9.63. The molecule has 0 aliphatic carbocycles. The van der Waals surface area contributed by atoms with E-state index in [1.54, 1.807) is 6.07 Å². The molecule has 0 bridgehead atoms. The largest absolute Gasteiger partial charge is 0.508 e. The van der Waals surface area contributed by atoms with Crippen LogP contribution in [0.4, 0.5) is 0 Å². The van der Waals surface area contributed by atoms with Crippen molar-refractivity contribution >= 4 is 5.78 Å². The number of carbonyl (C=O) groups is 1. The fourth-order valence-electron chi connectivity index (χ4n) is 1.58. The van der Waals surface area contributed by atoms with Crippen molar-refractivity contribution in [2.75, 3.05) is 13.2 Å². The second-order valence-electron chi connectivity index (χ2n) is 3.47. The lowest BCUT2D eigenvalue weighted by Gasteiger charge is -2.21. The lowest BCUT2D eigenvalue weighted by Crippen LogP contribution is -2.17. The highest BCUT2D eigenvalue weighted by atomic mass is 16.6. The van der Waals surface area contributed by atoms with Crippen LogP contribution in [0.1, 0.15) is 12.5 Å². The molecule has 1 N–H and O–H groups in total. The summed E-state index contributed by atoms with van der Waals surface area (Å²) in [6.45, 7) is 2.42. The van der Waals surface area contributed by atoms with Gasteiger partial charge in [0, 0.05) is 12.0 Å². The Hall–Kier alpha value is -1.71. The SMILES string of the molecule is CC(=O)Cc1c(O)ccc2c1OCCO2. The van der Waals surface area contributed by atoms with Crippen molar-refractivity contribution in [1.29, 1.82) is 0 Å². The van der Waals surface area contributed by atoms with E-state index in [9.17, 15) is 9.90 Å². The molecule has 0 amide bonds. The second kappa shape index (κ2) is 3.81. The van der Waals surface area contributed by atoms with Crippen molar-refractivity contribution in [1.82, 2.24) is 0 Å². The summed E-state index contributed by atoms with van der Waals surface area (Å²) in [4.78, 5) is 11.0. The Labute approximate surface area is 87.4 Å². The summed E-state index contributed by atoms with van der Waals surface area (Å²) in [6, 6.07) is 3.17. The van der Waals surface area contributed by atoms with Gasteiger partial charge in [-0.3, -0.25) is 4.79 Å². The molecular weight excluding hydrogens is 196 g/mol. The van der Waals surface area contributed by atoms with E-state index >= 15 is 0 Å². The maximum Gasteiger partial charge on any atom is 0.168 e. The molecule has 80 valence electrons. The van der Waals surface area contributed by atoms with Gasteiger partial charge in [0.2, 0.25) is 0 Å². The molecule has 0 atom stereocenters. The Morgan fingerprint density at radius 1 is 1.40 bits per heavy atom. The van der Waals surface area contributed by atoms with Gasteiger partial charge in [-0.05, 0) is 19.1 Å². The number of rotatable bonds is 2. The first-order valence-corrected chi connectivity index (χ1v) is 4.78. The molecule has 15 heavy (non-hydrogen) atoms. The van der Waals surface area contributed by atoms with Crippen molar-refractivity contribution in [3.63, 3.8) is 0 Å². The molecule has 0 saturated carbocycles. The molecule has 0 saturated heterocycles. The molecule has 0 spiro atoms. The van der Waals surface area contributed by atoms with Gasteiger partial charge in [0.1, 0.15) is 24.7 Å². The normalized spacial score (nSPS) is 13.7. The van der Waals surface area contributed by atoms with Gasteiger partial charge in [0.25, 0.3) is 0 Å². The summed E-state index contributed by atoms with van der Waals surface area (Å²) in [5.74, 6) is 1.15. The second-order valence-corrected chi connectivity index (χ2v) is 3.47. The lowest BCUT2D eigenvalue weighted by molar-refractivity contribution is -0.116. The van der Waals surface area contributed by atoms with Crippen molar-refractivity contribution in [3.8, 4) is 17.2 Å². The average Bonchev–Trinajstić information content (AvgIpc) is 2.22. The van der Waals surface area contributed by atoms with Gasteiger partial charge in [0.15, 0.2) is 11.5 Å². The van der Waals surface area contributed by atoms with Crippen molar-refractivity contribution in [2.45, 2.75) is 13.3 Å². The van der Waals surface area contributed by atoms with E-state index in [0.717, 1.165) is 0 Å². The number of aromatic hydroxyl groups is 1. The number of hydrogen-bond donors (Lipinski definition) is 1. The van der Waals surface area contributed by atoms with Crippen molar-refractivity contribution < 1.29 is 19.4 Å². The van der Waals surface area contributed by atoms with E-state index < -0.39 is 0 Å². The monoisotopic (exact) mass is 208 g/mol. The maximum atomic E-state index is 11.0. The zero-order chi connectivity index (χ0) is 10.8. The van der Waals surface area contributed by atoms with Crippen LogP contribution in [-0.4, -0.2) is 24.1 Å². The van der Waals surface area contributed by atoms with Crippen molar-refractivity contribution in [2.24, 2.45) is 0 Å². The molecule has 1 aromatic rings. The van der Waals surface area contributed by atoms with Crippen LogP contribution in [0.5, 0.6) is 17.2 Å². The van der Waals surface area contributed by atoms with Crippen LogP contribution in [0.3, 0.4) is 0 Å². The average molecular weight is 208 g/mol. The van der Waals surface area contributed by atoms with Crippen LogP contribution in [0.25, 0.3) is 0 Å². The van der Waals surface area contributed by atoms with Gasteiger partial charge in [-0.25, -0.2) is 0 Å². The molecule has 2 rings (SSSR count). The van der Waals surface area contributed by atoms with Gasteiger partial charge in [-0.2, -0.15) is 0 Å². The molecule has 1 heterocycles. The zero-order valence-corrected chi connectivity index (χ0v) is 8.45. The summed E-state index contributed by atoms with van der Waals surface area (Å²) in [7, 11) is 0. The minimum Gasteiger partial charge on any atom is -0.508 e. The number of benzene rings is 1. The fourth-order valence-corrected chi connectivity index (χ4v) is 1.58. The molecule has 4 nitrogen and oxygen atoms in total. The smallest absolute Gasteiger partial charge is 0.168 e. The summed E-state index contributed by atoms with van der Waals surface area (Å²) >= 11 is 0. The molecule has 1 aliphatic rings. The number of carbonyl (C=O) groups excluding carboxylic acids is 1. The van der Waals surface area contributed by atoms with Gasteiger partial charge in [-0.1, -0.05) is 0 Å². The molecule has 1 aromatic carbocycles. The van der Waals surface area contributed by atoms with Crippen LogP contribution >= 0.6 is 0 Å². The quantitative estimate of drug-likeness (QED) is 0.795. The number of phenolic OH excluding ortho intramolecular Hbond substituents is 1.